The van der Waals surface area contributed by atoms with Crippen molar-refractivity contribution in [1.82, 2.24) is 4.98 Å². The van der Waals surface area contributed by atoms with Crippen LogP contribution in [0.2, 0.25) is 10.0 Å². The van der Waals surface area contributed by atoms with Crippen molar-refractivity contribution in [2.24, 2.45) is 0 Å². The molecule has 0 spiro atoms. The van der Waals surface area contributed by atoms with E-state index < -0.39 is 0 Å². The van der Waals surface area contributed by atoms with Crippen molar-refractivity contribution >= 4 is 39.7 Å². The highest BCUT2D eigenvalue weighted by Crippen LogP contribution is 2.30. The lowest BCUT2D eigenvalue weighted by atomic mass is 10.2. The molecule has 0 amide bonds. The molecule has 0 saturated carbocycles. The Bertz CT molecular complexity index is 741. The van der Waals surface area contributed by atoms with Crippen LogP contribution in [0.5, 0.6) is 0 Å². The predicted octanol–water partition coefficient (Wildman–Crippen LogP) is 5.73. The molecule has 2 aromatic carbocycles. The SMILES string of the molecule is Clc1ccc(-c2csc(NCc3ccccc3)n2)cc1Cl. The molecule has 0 saturated heterocycles. The summed E-state index contributed by atoms with van der Waals surface area (Å²) in [5.74, 6) is 0. The average Bonchev–Trinajstić information content (AvgIpc) is 2.98. The molecule has 21 heavy (non-hydrogen) atoms. The predicted molar refractivity (Wildman–Crippen MR) is 91.3 cm³/mol. The van der Waals surface area contributed by atoms with Crippen LogP contribution in [0.4, 0.5) is 5.13 Å². The molecule has 0 aliphatic rings. The molecule has 1 heterocycles. The lowest BCUT2D eigenvalue weighted by Gasteiger charge is -2.02. The molecule has 0 radical (unpaired) electrons. The van der Waals surface area contributed by atoms with Crippen LogP contribution in [-0.4, -0.2) is 4.98 Å². The number of hydrogen-bond acceptors (Lipinski definition) is 3. The lowest BCUT2D eigenvalue weighted by Crippen LogP contribution is -1.98. The van der Waals surface area contributed by atoms with Crippen molar-refractivity contribution in [3.63, 3.8) is 0 Å². The minimum atomic E-state index is 0.543. The van der Waals surface area contributed by atoms with Crippen LogP contribution in [0.15, 0.2) is 53.9 Å². The van der Waals surface area contributed by atoms with E-state index in [2.05, 4.69) is 22.4 Å². The average molecular weight is 335 g/mol. The fourth-order valence-electron chi connectivity index (χ4n) is 1.92. The summed E-state index contributed by atoms with van der Waals surface area (Å²) in [7, 11) is 0. The number of aromatic nitrogens is 1. The van der Waals surface area contributed by atoms with Crippen molar-refractivity contribution in [2.75, 3.05) is 5.32 Å². The van der Waals surface area contributed by atoms with Gasteiger partial charge in [0.25, 0.3) is 0 Å². The van der Waals surface area contributed by atoms with Gasteiger partial charge in [-0.25, -0.2) is 4.98 Å². The van der Waals surface area contributed by atoms with Crippen molar-refractivity contribution in [1.29, 1.82) is 0 Å². The largest absolute Gasteiger partial charge is 0.357 e. The number of anilines is 1. The maximum absolute atomic E-state index is 6.04. The van der Waals surface area contributed by atoms with Gasteiger partial charge in [0.15, 0.2) is 5.13 Å². The highest BCUT2D eigenvalue weighted by atomic mass is 35.5. The first-order valence-electron chi connectivity index (χ1n) is 6.41. The first-order chi connectivity index (χ1) is 10.2. The van der Waals surface area contributed by atoms with Crippen LogP contribution in [0.25, 0.3) is 11.3 Å². The summed E-state index contributed by atoms with van der Waals surface area (Å²) in [5.41, 5.74) is 3.09. The van der Waals surface area contributed by atoms with Crippen molar-refractivity contribution in [3.8, 4) is 11.3 Å². The van der Waals surface area contributed by atoms with E-state index in [1.54, 1.807) is 17.4 Å². The molecule has 0 aliphatic carbocycles. The number of nitrogens with zero attached hydrogens (tertiary/aromatic N) is 1. The van der Waals surface area contributed by atoms with Gasteiger partial charge in [0.1, 0.15) is 0 Å². The third-order valence-electron chi connectivity index (χ3n) is 3.01. The molecule has 0 aliphatic heterocycles. The Balaban J connectivity index is 1.72. The fraction of sp³-hybridized carbons (Fsp3) is 0.0625. The van der Waals surface area contributed by atoms with Crippen molar-refractivity contribution in [3.05, 3.63) is 69.5 Å². The summed E-state index contributed by atoms with van der Waals surface area (Å²) < 4.78 is 0. The van der Waals surface area contributed by atoms with Crippen molar-refractivity contribution < 1.29 is 0 Å². The summed E-state index contributed by atoms with van der Waals surface area (Å²) in [6.07, 6.45) is 0. The quantitative estimate of drug-likeness (QED) is 0.659. The Labute approximate surface area is 137 Å². The van der Waals surface area contributed by atoms with Gasteiger partial charge in [0, 0.05) is 17.5 Å². The van der Waals surface area contributed by atoms with Gasteiger partial charge in [0.2, 0.25) is 0 Å². The van der Waals surface area contributed by atoms with Gasteiger partial charge in [0.05, 0.1) is 15.7 Å². The summed E-state index contributed by atoms with van der Waals surface area (Å²) in [6, 6.07) is 15.8. The van der Waals surface area contributed by atoms with E-state index in [4.69, 9.17) is 23.2 Å². The third-order valence-corrected chi connectivity index (χ3v) is 4.55. The summed E-state index contributed by atoms with van der Waals surface area (Å²) in [4.78, 5) is 4.57. The van der Waals surface area contributed by atoms with E-state index in [-0.39, 0.29) is 0 Å². The second-order valence-electron chi connectivity index (χ2n) is 4.51. The van der Waals surface area contributed by atoms with Crippen LogP contribution < -0.4 is 5.32 Å². The van der Waals surface area contributed by atoms with E-state index in [9.17, 15) is 0 Å². The van der Waals surface area contributed by atoms with Gasteiger partial charge in [-0.2, -0.15) is 0 Å². The third kappa shape index (κ3) is 3.56. The van der Waals surface area contributed by atoms with Gasteiger partial charge in [-0.05, 0) is 17.7 Å². The lowest BCUT2D eigenvalue weighted by molar-refractivity contribution is 1.14. The molecule has 0 unspecified atom stereocenters. The molecule has 0 bridgehead atoms. The first-order valence-corrected chi connectivity index (χ1v) is 8.05. The molecule has 5 heteroatoms. The number of rotatable bonds is 4. The minimum absolute atomic E-state index is 0.543. The second-order valence-corrected chi connectivity index (χ2v) is 6.18. The van der Waals surface area contributed by atoms with Crippen LogP contribution in [0, 0.1) is 0 Å². The zero-order valence-electron chi connectivity index (χ0n) is 11.0. The van der Waals surface area contributed by atoms with E-state index in [1.165, 1.54) is 5.56 Å². The van der Waals surface area contributed by atoms with Crippen LogP contribution in [0.1, 0.15) is 5.56 Å². The van der Waals surface area contributed by atoms with E-state index in [0.29, 0.717) is 10.0 Å². The molecule has 106 valence electrons. The zero-order valence-corrected chi connectivity index (χ0v) is 13.3. The van der Waals surface area contributed by atoms with Gasteiger partial charge in [-0.15, -0.1) is 11.3 Å². The number of benzene rings is 2. The Morgan fingerprint density at radius 2 is 1.81 bits per heavy atom. The van der Waals surface area contributed by atoms with Crippen LogP contribution >= 0.6 is 34.5 Å². The van der Waals surface area contributed by atoms with Crippen LogP contribution in [-0.2, 0) is 6.54 Å². The topological polar surface area (TPSA) is 24.9 Å². The molecule has 2 nitrogen and oxygen atoms in total. The summed E-state index contributed by atoms with van der Waals surface area (Å²) >= 11 is 13.5. The maximum atomic E-state index is 6.04. The molecular weight excluding hydrogens is 323 g/mol. The highest BCUT2D eigenvalue weighted by molar-refractivity contribution is 7.14. The van der Waals surface area contributed by atoms with E-state index in [0.717, 1.165) is 22.9 Å². The van der Waals surface area contributed by atoms with Gasteiger partial charge >= 0.3 is 0 Å². The summed E-state index contributed by atoms with van der Waals surface area (Å²) in [5, 5.41) is 7.32. The molecule has 3 rings (SSSR count). The number of halogens is 2. The van der Waals surface area contributed by atoms with Gasteiger partial charge in [-0.3, -0.25) is 0 Å². The standard InChI is InChI=1S/C16H12Cl2N2S/c17-13-7-6-12(8-14(13)18)15-10-21-16(20-15)19-9-11-4-2-1-3-5-11/h1-8,10H,9H2,(H,19,20). The maximum Gasteiger partial charge on any atom is 0.183 e. The molecule has 1 N–H and O–H groups in total. The molecule has 1 aromatic heterocycles. The number of nitrogens with one attached hydrogen (secondary N) is 1. The highest BCUT2D eigenvalue weighted by Gasteiger charge is 2.06. The Kier molecular flexibility index (Phi) is 4.44. The second kappa shape index (κ2) is 6.48. The monoisotopic (exact) mass is 334 g/mol. The molecule has 0 atom stereocenters. The fourth-order valence-corrected chi connectivity index (χ4v) is 2.93. The smallest absolute Gasteiger partial charge is 0.183 e. The summed E-state index contributed by atoms with van der Waals surface area (Å²) in [6.45, 7) is 0.759. The first kappa shape index (κ1) is 14.4. The van der Waals surface area contributed by atoms with E-state index >= 15 is 0 Å². The normalized spacial score (nSPS) is 10.6. The minimum Gasteiger partial charge on any atom is -0.357 e. The van der Waals surface area contributed by atoms with Crippen LogP contribution in [0.3, 0.4) is 0 Å². The van der Waals surface area contributed by atoms with Gasteiger partial charge in [-0.1, -0.05) is 59.6 Å². The Hall–Kier alpha value is -1.55. The Morgan fingerprint density at radius 3 is 2.57 bits per heavy atom. The zero-order chi connectivity index (χ0) is 14.7. The molecular formula is C16H12Cl2N2S. The molecule has 3 aromatic rings. The van der Waals surface area contributed by atoms with E-state index in [1.807, 2.05) is 35.7 Å². The Morgan fingerprint density at radius 1 is 1.00 bits per heavy atom. The van der Waals surface area contributed by atoms with Crippen molar-refractivity contribution in [2.45, 2.75) is 6.54 Å². The number of thiazole rings is 1. The van der Waals surface area contributed by atoms with Gasteiger partial charge < -0.3 is 5.32 Å². The number of hydrogen-bond donors (Lipinski definition) is 1. The molecule has 0 fully saturated rings.